The third kappa shape index (κ3) is 5.06. The van der Waals surface area contributed by atoms with Gasteiger partial charge in [0, 0.05) is 18.7 Å². The highest BCUT2D eigenvalue weighted by Crippen LogP contribution is 2.30. The molecule has 0 saturated carbocycles. The van der Waals surface area contributed by atoms with Gasteiger partial charge in [0.25, 0.3) is 10.0 Å². The molecule has 0 atom stereocenters. The van der Waals surface area contributed by atoms with Crippen molar-refractivity contribution < 1.29 is 17.9 Å². The van der Waals surface area contributed by atoms with Crippen molar-refractivity contribution in [2.45, 2.75) is 31.8 Å². The molecule has 0 unspecified atom stereocenters. The maximum absolute atomic E-state index is 12.7. The topological polar surface area (TPSA) is 84.5 Å². The van der Waals surface area contributed by atoms with Gasteiger partial charge in [0.2, 0.25) is 0 Å². The van der Waals surface area contributed by atoms with Crippen molar-refractivity contribution in [3.8, 4) is 11.1 Å². The highest BCUT2D eigenvalue weighted by Gasteiger charge is 2.22. The molecule has 6 nitrogen and oxygen atoms in total. The summed E-state index contributed by atoms with van der Waals surface area (Å²) in [5, 5.41) is 2.51. The Hall–Kier alpha value is -2.38. The Kier molecular flexibility index (Phi) is 7.17. The Balaban J connectivity index is 2.41. The summed E-state index contributed by atoms with van der Waals surface area (Å²) in [6, 6.07) is 13.3. The van der Waals surface area contributed by atoms with Crippen LogP contribution in [0.3, 0.4) is 0 Å². The quantitative estimate of drug-likeness (QED) is 0.740. The van der Waals surface area contributed by atoms with E-state index in [9.17, 15) is 13.2 Å². The number of benzene rings is 2. The molecular weight excluding hydrogens is 352 g/mol. The van der Waals surface area contributed by atoms with Crippen LogP contribution in [0.25, 0.3) is 11.1 Å². The van der Waals surface area contributed by atoms with Crippen molar-refractivity contribution >= 4 is 16.1 Å². The van der Waals surface area contributed by atoms with Crippen LogP contribution in [0.1, 0.15) is 25.8 Å². The summed E-state index contributed by atoms with van der Waals surface area (Å²) in [6.45, 7) is 5.14. The Morgan fingerprint density at radius 1 is 1.00 bits per heavy atom. The molecule has 0 aromatic heterocycles. The number of ether oxygens (including phenoxy) is 1. The summed E-state index contributed by atoms with van der Waals surface area (Å²) >= 11 is 0. The first-order valence-electron chi connectivity index (χ1n) is 8.55. The van der Waals surface area contributed by atoms with Gasteiger partial charge in [-0.1, -0.05) is 49.4 Å². The molecule has 0 heterocycles. The van der Waals surface area contributed by atoms with E-state index in [1.54, 1.807) is 18.2 Å². The SMILES string of the molecule is CCCNC(=O)NS(=O)(=O)c1ccccc1-c1ccccc1COCC. The van der Waals surface area contributed by atoms with Gasteiger partial charge in [-0.15, -0.1) is 0 Å². The summed E-state index contributed by atoms with van der Waals surface area (Å²) in [6.07, 6.45) is 0.717. The maximum atomic E-state index is 12.7. The molecular formula is C19H24N2O4S. The first-order chi connectivity index (χ1) is 12.5. The number of hydrogen-bond donors (Lipinski definition) is 2. The normalized spacial score (nSPS) is 11.2. The van der Waals surface area contributed by atoms with Gasteiger partial charge in [-0.3, -0.25) is 0 Å². The smallest absolute Gasteiger partial charge is 0.328 e. The van der Waals surface area contributed by atoms with Crippen LogP contribution in [-0.2, 0) is 21.4 Å². The second-order valence-electron chi connectivity index (χ2n) is 5.65. The number of nitrogens with one attached hydrogen (secondary N) is 2. The molecule has 26 heavy (non-hydrogen) atoms. The van der Waals surface area contributed by atoms with Gasteiger partial charge >= 0.3 is 6.03 Å². The number of urea groups is 1. The van der Waals surface area contributed by atoms with E-state index < -0.39 is 16.1 Å². The number of carbonyl (C=O) groups is 1. The lowest BCUT2D eigenvalue weighted by Crippen LogP contribution is -2.39. The van der Waals surface area contributed by atoms with Gasteiger partial charge in [0.1, 0.15) is 0 Å². The van der Waals surface area contributed by atoms with Gasteiger partial charge in [-0.2, -0.15) is 0 Å². The van der Waals surface area contributed by atoms with Crippen LogP contribution >= 0.6 is 0 Å². The predicted molar refractivity (Wildman–Crippen MR) is 101 cm³/mol. The molecule has 0 aliphatic heterocycles. The molecule has 2 N–H and O–H groups in total. The van der Waals surface area contributed by atoms with Crippen molar-refractivity contribution in [2.24, 2.45) is 0 Å². The number of rotatable bonds is 8. The highest BCUT2D eigenvalue weighted by atomic mass is 32.2. The third-order valence-electron chi connectivity index (χ3n) is 3.71. The van der Waals surface area contributed by atoms with Crippen LogP contribution in [0.2, 0.25) is 0 Å². The molecule has 0 bridgehead atoms. The van der Waals surface area contributed by atoms with E-state index >= 15 is 0 Å². The van der Waals surface area contributed by atoms with Crippen molar-refractivity contribution in [3.63, 3.8) is 0 Å². The van der Waals surface area contributed by atoms with Crippen LogP contribution in [0.5, 0.6) is 0 Å². The number of amides is 2. The number of sulfonamides is 1. The molecule has 2 aromatic carbocycles. The first kappa shape index (κ1) is 19.9. The molecule has 0 aliphatic rings. The van der Waals surface area contributed by atoms with E-state index in [1.807, 2.05) is 38.1 Å². The highest BCUT2D eigenvalue weighted by molar-refractivity contribution is 7.90. The summed E-state index contributed by atoms with van der Waals surface area (Å²) in [4.78, 5) is 11.9. The summed E-state index contributed by atoms with van der Waals surface area (Å²) in [5.41, 5.74) is 2.17. The molecule has 2 rings (SSSR count). The monoisotopic (exact) mass is 376 g/mol. The zero-order chi connectivity index (χ0) is 19.0. The lowest BCUT2D eigenvalue weighted by atomic mass is 10.0. The lowest BCUT2D eigenvalue weighted by Gasteiger charge is -2.15. The fourth-order valence-corrected chi connectivity index (χ4v) is 3.65. The molecule has 0 spiro atoms. The molecule has 0 aliphatic carbocycles. The Bertz CT molecular complexity index is 850. The summed E-state index contributed by atoms with van der Waals surface area (Å²) in [5.74, 6) is 0. The molecule has 7 heteroatoms. The standard InChI is InChI=1S/C19H24N2O4S/c1-3-13-20-19(22)21-26(23,24)18-12-8-7-11-17(18)16-10-6-5-9-15(16)14-25-4-2/h5-12H,3-4,13-14H2,1-2H3,(H2,20,21,22). The van der Waals surface area contributed by atoms with E-state index in [0.29, 0.717) is 25.3 Å². The maximum Gasteiger partial charge on any atom is 0.328 e. The molecule has 2 amide bonds. The van der Waals surface area contributed by atoms with Gasteiger partial charge in [-0.25, -0.2) is 17.9 Å². The zero-order valence-corrected chi connectivity index (χ0v) is 15.8. The van der Waals surface area contributed by atoms with Crippen LogP contribution in [0, 0.1) is 0 Å². The van der Waals surface area contributed by atoms with Crippen LogP contribution in [0.15, 0.2) is 53.4 Å². The summed E-state index contributed by atoms with van der Waals surface area (Å²) < 4.78 is 33.0. The van der Waals surface area contributed by atoms with E-state index in [2.05, 4.69) is 10.0 Å². The average Bonchev–Trinajstić information content (AvgIpc) is 2.64. The van der Waals surface area contributed by atoms with Crippen molar-refractivity contribution in [2.75, 3.05) is 13.2 Å². The molecule has 0 saturated heterocycles. The minimum absolute atomic E-state index is 0.0515. The third-order valence-corrected chi connectivity index (χ3v) is 5.10. The number of hydrogen-bond acceptors (Lipinski definition) is 4. The van der Waals surface area contributed by atoms with E-state index in [0.717, 1.165) is 17.5 Å². The van der Waals surface area contributed by atoms with Gasteiger partial charge < -0.3 is 10.1 Å². The van der Waals surface area contributed by atoms with Crippen molar-refractivity contribution in [3.05, 3.63) is 54.1 Å². The fourth-order valence-electron chi connectivity index (χ4n) is 2.50. The lowest BCUT2D eigenvalue weighted by molar-refractivity contribution is 0.134. The van der Waals surface area contributed by atoms with Crippen molar-refractivity contribution in [1.29, 1.82) is 0 Å². The van der Waals surface area contributed by atoms with Gasteiger partial charge in [-0.05, 0) is 30.5 Å². The Morgan fingerprint density at radius 3 is 2.35 bits per heavy atom. The molecule has 0 fully saturated rings. The zero-order valence-electron chi connectivity index (χ0n) is 15.0. The van der Waals surface area contributed by atoms with Crippen LogP contribution in [-0.4, -0.2) is 27.6 Å². The minimum Gasteiger partial charge on any atom is -0.377 e. The number of carbonyl (C=O) groups excluding carboxylic acids is 1. The molecule has 2 aromatic rings. The van der Waals surface area contributed by atoms with E-state index in [-0.39, 0.29) is 4.90 Å². The average molecular weight is 376 g/mol. The van der Waals surface area contributed by atoms with Crippen LogP contribution < -0.4 is 10.0 Å². The second kappa shape index (κ2) is 9.35. The van der Waals surface area contributed by atoms with E-state index in [1.165, 1.54) is 6.07 Å². The van der Waals surface area contributed by atoms with E-state index in [4.69, 9.17) is 4.74 Å². The largest absolute Gasteiger partial charge is 0.377 e. The first-order valence-corrected chi connectivity index (χ1v) is 10.0. The Morgan fingerprint density at radius 2 is 1.65 bits per heavy atom. The summed E-state index contributed by atoms with van der Waals surface area (Å²) in [7, 11) is -4.01. The van der Waals surface area contributed by atoms with Gasteiger partial charge in [0.15, 0.2) is 0 Å². The second-order valence-corrected chi connectivity index (χ2v) is 7.30. The van der Waals surface area contributed by atoms with Crippen LogP contribution in [0.4, 0.5) is 4.79 Å². The van der Waals surface area contributed by atoms with Crippen molar-refractivity contribution in [1.82, 2.24) is 10.0 Å². The molecule has 0 radical (unpaired) electrons. The van der Waals surface area contributed by atoms with Gasteiger partial charge in [0.05, 0.1) is 11.5 Å². The predicted octanol–water partition coefficient (Wildman–Crippen LogP) is 3.29. The Labute approximate surface area is 154 Å². The minimum atomic E-state index is -4.01. The fraction of sp³-hybridized carbons (Fsp3) is 0.316. The molecule has 140 valence electrons.